The second-order valence-corrected chi connectivity index (χ2v) is 5.24. The van der Waals surface area contributed by atoms with Gasteiger partial charge in [-0.2, -0.15) is 11.3 Å². The molecule has 21 heavy (non-hydrogen) atoms. The van der Waals surface area contributed by atoms with Crippen molar-refractivity contribution in [1.82, 2.24) is 5.32 Å². The molecule has 0 saturated carbocycles. The molecule has 0 radical (unpaired) electrons. The lowest BCUT2D eigenvalue weighted by Gasteiger charge is -2.16. The lowest BCUT2D eigenvalue weighted by molar-refractivity contribution is -0.137. The Labute approximate surface area is 126 Å². The molecular weight excluding hydrogens is 286 g/mol. The summed E-state index contributed by atoms with van der Waals surface area (Å²) in [6.07, 6.45) is 2.97. The molecule has 2 N–H and O–H groups in total. The van der Waals surface area contributed by atoms with Crippen LogP contribution in [0.25, 0.3) is 6.08 Å². The average molecular weight is 301 g/mol. The van der Waals surface area contributed by atoms with Crippen LogP contribution in [0.3, 0.4) is 0 Å². The third-order valence-corrected chi connectivity index (χ3v) is 3.57. The number of carbonyl (C=O) groups is 2. The second-order valence-electron chi connectivity index (χ2n) is 4.46. The number of rotatable bonds is 6. The summed E-state index contributed by atoms with van der Waals surface area (Å²) in [5.74, 6) is -1.26. The SMILES string of the molecule is O=C(O)CC(NC(=O)C=Cc1ccsc1)c1ccccc1. The minimum Gasteiger partial charge on any atom is -0.481 e. The van der Waals surface area contributed by atoms with Gasteiger partial charge in [0.2, 0.25) is 5.91 Å². The number of thiophene rings is 1. The van der Waals surface area contributed by atoms with E-state index in [0.717, 1.165) is 11.1 Å². The van der Waals surface area contributed by atoms with E-state index in [1.165, 1.54) is 6.08 Å². The van der Waals surface area contributed by atoms with Crippen LogP contribution in [-0.2, 0) is 9.59 Å². The largest absolute Gasteiger partial charge is 0.481 e. The Bertz CT molecular complexity index is 620. The van der Waals surface area contributed by atoms with Gasteiger partial charge in [0.05, 0.1) is 12.5 Å². The Morgan fingerprint density at radius 3 is 2.62 bits per heavy atom. The molecular formula is C16H15NO3S. The predicted molar refractivity (Wildman–Crippen MR) is 82.9 cm³/mol. The van der Waals surface area contributed by atoms with Crippen LogP contribution < -0.4 is 5.32 Å². The van der Waals surface area contributed by atoms with E-state index in [1.54, 1.807) is 29.5 Å². The summed E-state index contributed by atoms with van der Waals surface area (Å²) < 4.78 is 0. The van der Waals surface area contributed by atoms with Crippen LogP contribution in [0.1, 0.15) is 23.6 Å². The van der Waals surface area contributed by atoms with E-state index in [4.69, 9.17) is 5.11 Å². The van der Waals surface area contributed by atoms with Gasteiger partial charge in [0.15, 0.2) is 0 Å². The summed E-state index contributed by atoms with van der Waals surface area (Å²) in [6.45, 7) is 0. The summed E-state index contributed by atoms with van der Waals surface area (Å²) in [4.78, 5) is 22.9. The Morgan fingerprint density at radius 1 is 1.24 bits per heavy atom. The molecule has 4 nitrogen and oxygen atoms in total. The van der Waals surface area contributed by atoms with Crippen LogP contribution in [0.4, 0.5) is 0 Å². The molecule has 2 rings (SSSR count). The standard InChI is InChI=1S/C16H15NO3S/c18-15(7-6-12-8-9-21-11-12)17-14(10-16(19)20)13-4-2-1-3-5-13/h1-9,11,14H,10H2,(H,17,18)(H,19,20). The number of nitrogens with one attached hydrogen (secondary N) is 1. The number of aliphatic carboxylic acids is 1. The predicted octanol–water partition coefficient (Wildman–Crippen LogP) is 3.09. The third kappa shape index (κ3) is 4.89. The molecule has 1 amide bonds. The molecule has 1 unspecified atom stereocenters. The van der Waals surface area contributed by atoms with Gasteiger partial charge >= 0.3 is 5.97 Å². The minimum absolute atomic E-state index is 0.151. The molecule has 1 atom stereocenters. The molecule has 5 heteroatoms. The first kappa shape index (κ1) is 15.0. The molecule has 2 aromatic rings. The van der Waals surface area contributed by atoms with Gasteiger partial charge in [0, 0.05) is 6.08 Å². The molecule has 108 valence electrons. The zero-order valence-corrected chi connectivity index (χ0v) is 12.0. The van der Waals surface area contributed by atoms with Gasteiger partial charge in [-0.05, 0) is 34.0 Å². The molecule has 0 fully saturated rings. The molecule has 0 aliphatic heterocycles. The summed E-state index contributed by atoms with van der Waals surface area (Å²) in [5.41, 5.74) is 1.72. The number of hydrogen-bond donors (Lipinski definition) is 2. The molecule has 0 aliphatic rings. The maximum absolute atomic E-state index is 11.9. The minimum atomic E-state index is -0.953. The summed E-state index contributed by atoms with van der Waals surface area (Å²) in [7, 11) is 0. The van der Waals surface area contributed by atoms with Crippen molar-refractivity contribution in [2.45, 2.75) is 12.5 Å². The van der Waals surface area contributed by atoms with Crippen LogP contribution in [0.5, 0.6) is 0 Å². The maximum Gasteiger partial charge on any atom is 0.305 e. The zero-order chi connectivity index (χ0) is 15.1. The fraction of sp³-hybridized carbons (Fsp3) is 0.125. The lowest BCUT2D eigenvalue weighted by Crippen LogP contribution is -2.28. The molecule has 1 heterocycles. The smallest absolute Gasteiger partial charge is 0.305 e. The Hall–Kier alpha value is -2.40. The summed E-state index contributed by atoms with van der Waals surface area (Å²) in [6, 6.07) is 10.4. The van der Waals surface area contributed by atoms with Gasteiger partial charge in [-0.15, -0.1) is 0 Å². The quantitative estimate of drug-likeness (QED) is 0.806. The number of carboxylic acids is 1. The fourth-order valence-corrected chi connectivity index (χ4v) is 2.50. The van der Waals surface area contributed by atoms with E-state index >= 15 is 0 Å². The number of amides is 1. The topological polar surface area (TPSA) is 66.4 Å². The normalized spacial score (nSPS) is 12.2. The average Bonchev–Trinajstić information content (AvgIpc) is 2.98. The first-order chi connectivity index (χ1) is 10.1. The van der Waals surface area contributed by atoms with Crippen molar-refractivity contribution in [3.05, 3.63) is 64.4 Å². The highest BCUT2D eigenvalue weighted by Crippen LogP contribution is 2.16. The Kier molecular flexibility index (Phi) is 5.29. The number of hydrogen-bond acceptors (Lipinski definition) is 3. The number of carbonyl (C=O) groups excluding carboxylic acids is 1. The van der Waals surface area contributed by atoms with Crippen molar-refractivity contribution in [1.29, 1.82) is 0 Å². The van der Waals surface area contributed by atoms with Crippen molar-refractivity contribution in [3.63, 3.8) is 0 Å². The van der Waals surface area contributed by atoms with Gasteiger partial charge in [-0.25, -0.2) is 0 Å². The zero-order valence-electron chi connectivity index (χ0n) is 11.2. The van der Waals surface area contributed by atoms with Gasteiger partial charge in [0.25, 0.3) is 0 Å². The molecule has 1 aromatic heterocycles. The van der Waals surface area contributed by atoms with Gasteiger partial charge in [-0.3, -0.25) is 9.59 Å². The third-order valence-electron chi connectivity index (χ3n) is 2.87. The summed E-state index contributed by atoms with van der Waals surface area (Å²) >= 11 is 1.55. The molecule has 0 spiro atoms. The van der Waals surface area contributed by atoms with Gasteiger partial charge < -0.3 is 10.4 Å². The van der Waals surface area contributed by atoms with Crippen LogP contribution in [0, 0.1) is 0 Å². The van der Waals surface area contributed by atoms with E-state index in [0.29, 0.717) is 0 Å². The molecule has 1 aromatic carbocycles. The Morgan fingerprint density at radius 2 is 2.00 bits per heavy atom. The highest BCUT2D eigenvalue weighted by molar-refractivity contribution is 7.08. The maximum atomic E-state index is 11.9. The van der Waals surface area contributed by atoms with Crippen LogP contribution in [0.2, 0.25) is 0 Å². The second kappa shape index (κ2) is 7.40. The number of benzene rings is 1. The van der Waals surface area contributed by atoms with Crippen molar-refractivity contribution in [2.75, 3.05) is 0 Å². The molecule has 0 saturated heterocycles. The lowest BCUT2D eigenvalue weighted by atomic mass is 10.0. The van der Waals surface area contributed by atoms with Crippen molar-refractivity contribution in [3.8, 4) is 0 Å². The first-order valence-corrected chi connectivity index (χ1v) is 7.37. The molecule has 0 aliphatic carbocycles. The Balaban J connectivity index is 2.04. The highest BCUT2D eigenvalue weighted by Gasteiger charge is 2.16. The molecule has 0 bridgehead atoms. The monoisotopic (exact) mass is 301 g/mol. The van der Waals surface area contributed by atoms with Crippen molar-refractivity contribution < 1.29 is 14.7 Å². The van der Waals surface area contributed by atoms with E-state index in [2.05, 4.69) is 5.32 Å². The van der Waals surface area contributed by atoms with Crippen LogP contribution >= 0.6 is 11.3 Å². The highest BCUT2D eigenvalue weighted by atomic mass is 32.1. The van der Waals surface area contributed by atoms with E-state index in [9.17, 15) is 9.59 Å². The van der Waals surface area contributed by atoms with Gasteiger partial charge in [0.1, 0.15) is 0 Å². The first-order valence-electron chi connectivity index (χ1n) is 6.42. The van der Waals surface area contributed by atoms with Crippen molar-refractivity contribution >= 4 is 29.3 Å². The van der Waals surface area contributed by atoms with E-state index in [1.807, 2.05) is 35.0 Å². The van der Waals surface area contributed by atoms with Crippen molar-refractivity contribution in [2.24, 2.45) is 0 Å². The van der Waals surface area contributed by atoms with Crippen LogP contribution in [-0.4, -0.2) is 17.0 Å². The summed E-state index contributed by atoms with van der Waals surface area (Å²) in [5, 5.41) is 15.5. The van der Waals surface area contributed by atoms with E-state index < -0.39 is 12.0 Å². The van der Waals surface area contributed by atoms with Crippen LogP contribution in [0.15, 0.2) is 53.2 Å². The van der Waals surface area contributed by atoms with Gasteiger partial charge in [-0.1, -0.05) is 30.3 Å². The van der Waals surface area contributed by atoms with E-state index in [-0.39, 0.29) is 12.3 Å². The number of carboxylic acid groups (broad SMARTS) is 1. The fourth-order valence-electron chi connectivity index (χ4n) is 1.87.